The number of allylic oxidation sites excluding steroid dienone is 1. The first kappa shape index (κ1) is 17.9. The Morgan fingerprint density at radius 1 is 1.25 bits per heavy atom. The predicted octanol–water partition coefficient (Wildman–Crippen LogP) is 2.87. The zero-order valence-corrected chi connectivity index (χ0v) is 16.8. The first-order valence-electron chi connectivity index (χ1n) is 10.5. The zero-order chi connectivity index (χ0) is 19.3. The summed E-state index contributed by atoms with van der Waals surface area (Å²) in [6.45, 7) is 9.50. The second-order valence-electron chi connectivity index (χ2n) is 9.20. The summed E-state index contributed by atoms with van der Waals surface area (Å²) in [5.41, 5.74) is 2.61. The lowest BCUT2D eigenvalue weighted by Gasteiger charge is -2.57. The molecule has 2 aromatic heterocycles. The number of carbonyl (C=O) groups excluding carboxylic acids is 1. The van der Waals surface area contributed by atoms with Gasteiger partial charge in [-0.3, -0.25) is 14.1 Å². The lowest BCUT2D eigenvalue weighted by atomic mass is 9.49. The Morgan fingerprint density at radius 3 is 2.93 bits per heavy atom. The van der Waals surface area contributed by atoms with Crippen LogP contribution in [0.25, 0.3) is 5.78 Å². The summed E-state index contributed by atoms with van der Waals surface area (Å²) in [6.07, 6.45) is 11.5. The maximum Gasteiger partial charge on any atom is 0.274 e. The average molecular weight is 380 g/mol. The van der Waals surface area contributed by atoms with Crippen LogP contribution in [-0.4, -0.2) is 62.8 Å². The molecule has 3 heterocycles. The first-order valence-corrected chi connectivity index (χ1v) is 10.5. The first-order chi connectivity index (χ1) is 13.5. The molecule has 2 bridgehead atoms. The number of aromatic nitrogens is 3. The molecule has 4 aliphatic rings. The number of fused-ring (bicyclic) bond motifs is 2. The van der Waals surface area contributed by atoms with Gasteiger partial charge in [-0.05, 0) is 42.6 Å². The number of carbonyl (C=O) groups is 1. The van der Waals surface area contributed by atoms with Crippen LogP contribution in [0.1, 0.15) is 43.6 Å². The molecule has 0 unspecified atom stereocenters. The van der Waals surface area contributed by atoms with Gasteiger partial charge in [0.2, 0.25) is 5.78 Å². The molecule has 0 aromatic carbocycles. The third-order valence-corrected chi connectivity index (χ3v) is 7.32. The number of nitrogens with zero attached hydrogens (tertiary/aromatic N) is 5. The van der Waals surface area contributed by atoms with Crippen LogP contribution in [0.5, 0.6) is 0 Å². The highest BCUT2D eigenvalue weighted by Gasteiger charge is 2.51. The number of imidazole rings is 1. The molecule has 0 spiro atoms. The molecule has 1 aliphatic heterocycles. The van der Waals surface area contributed by atoms with Crippen molar-refractivity contribution in [2.75, 3.05) is 32.7 Å². The summed E-state index contributed by atoms with van der Waals surface area (Å²) < 4.78 is 1.81. The molecule has 2 fully saturated rings. The third kappa shape index (κ3) is 2.94. The molecule has 2 atom stereocenters. The second kappa shape index (κ2) is 6.69. The van der Waals surface area contributed by atoms with Crippen molar-refractivity contribution in [2.24, 2.45) is 17.3 Å². The zero-order valence-electron chi connectivity index (χ0n) is 16.8. The summed E-state index contributed by atoms with van der Waals surface area (Å²) in [4.78, 5) is 26.1. The van der Waals surface area contributed by atoms with E-state index >= 15 is 0 Å². The standard InChI is InChI=1S/C22H29N5O/c1-22(2)17-6-5-16(18(22)13-17)14-25-8-4-10-26(12-11-25)20(28)19-15-27-9-3-7-23-21(27)24-19/h3,5,7,9,15,17-18H,4,6,8,10-14H2,1-2H3/t17-,18-/m0/s1. The smallest absolute Gasteiger partial charge is 0.274 e. The minimum absolute atomic E-state index is 0.0206. The molecule has 6 rings (SSSR count). The molecule has 6 nitrogen and oxygen atoms in total. The van der Waals surface area contributed by atoms with Crippen molar-refractivity contribution in [1.82, 2.24) is 24.2 Å². The second-order valence-corrected chi connectivity index (χ2v) is 9.20. The molecule has 1 amide bonds. The van der Waals surface area contributed by atoms with Crippen molar-refractivity contribution in [3.8, 4) is 0 Å². The van der Waals surface area contributed by atoms with Crippen LogP contribution in [0.2, 0.25) is 0 Å². The summed E-state index contributed by atoms with van der Waals surface area (Å²) in [7, 11) is 0. The van der Waals surface area contributed by atoms with E-state index in [1.165, 1.54) is 12.8 Å². The van der Waals surface area contributed by atoms with E-state index in [1.54, 1.807) is 22.4 Å². The van der Waals surface area contributed by atoms with Crippen LogP contribution in [0, 0.1) is 17.3 Å². The Hall–Kier alpha value is -2.21. The fourth-order valence-corrected chi connectivity index (χ4v) is 5.34. The number of hydrogen-bond donors (Lipinski definition) is 0. The highest BCUT2D eigenvalue weighted by Crippen LogP contribution is 2.59. The summed E-state index contributed by atoms with van der Waals surface area (Å²) >= 11 is 0. The van der Waals surface area contributed by atoms with Crippen LogP contribution in [0.4, 0.5) is 0 Å². The van der Waals surface area contributed by atoms with Gasteiger partial charge in [0, 0.05) is 51.3 Å². The Labute approximate surface area is 166 Å². The average Bonchev–Trinajstić information content (AvgIpc) is 3.00. The Morgan fingerprint density at radius 2 is 2.14 bits per heavy atom. The van der Waals surface area contributed by atoms with Gasteiger partial charge >= 0.3 is 0 Å². The van der Waals surface area contributed by atoms with E-state index in [0.717, 1.165) is 51.0 Å². The molecule has 2 aromatic rings. The molecule has 0 radical (unpaired) electrons. The van der Waals surface area contributed by atoms with E-state index < -0.39 is 0 Å². The molecular formula is C22H29N5O. The van der Waals surface area contributed by atoms with Gasteiger partial charge in [0.05, 0.1) is 0 Å². The lowest BCUT2D eigenvalue weighted by molar-refractivity contribution is -0.0105. The molecule has 148 valence electrons. The van der Waals surface area contributed by atoms with Gasteiger partial charge in [-0.25, -0.2) is 9.97 Å². The van der Waals surface area contributed by atoms with E-state index in [0.29, 0.717) is 16.9 Å². The SMILES string of the molecule is CC1(C)[C@H]2CC=C(CN3CCCN(C(=O)c4cn5cccnc5n4)CC3)[C@@H]1C2. The Bertz CT molecular complexity index is 897. The largest absolute Gasteiger partial charge is 0.336 e. The van der Waals surface area contributed by atoms with E-state index in [-0.39, 0.29) is 5.91 Å². The van der Waals surface area contributed by atoms with Gasteiger partial charge in [0.25, 0.3) is 5.91 Å². The van der Waals surface area contributed by atoms with Crippen molar-refractivity contribution in [3.05, 3.63) is 42.0 Å². The van der Waals surface area contributed by atoms with Crippen LogP contribution in [0.3, 0.4) is 0 Å². The van der Waals surface area contributed by atoms with Gasteiger partial charge in [0.1, 0.15) is 5.69 Å². The molecule has 0 N–H and O–H groups in total. The van der Waals surface area contributed by atoms with Crippen molar-refractivity contribution < 1.29 is 4.79 Å². The molecule has 6 heteroatoms. The molecule has 3 aliphatic carbocycles. The third-order valence-electron chi connectivity index (χ3n) is 7.32. The van der Waals surface area contributed by atoms with Crippen molar-refractivity contribution in [1.29, 1.82) is 0 Å². The minimum atomic E-state index is 0.0206. The highest BCUT2D eigenvalue weighted by atomic mass is 16.2. The molecule has 1 saturated carbocycles. The number of amides is 1. The topological polar surface area (TPSA) is 53.7 Å². The van der Waals surface area contributed by atoms with Gasteiger partial charge < -0.3 is 4.90 Å². The minimum Gasteiger partial charge on any atom is -0.336 e. The summed E-state index contributed by atoms with van der Waals surface area (Å²) in [6, 6.07) is 1.85. The normalized spacial score (nSPS) is 27.2. The number of hydrogen-bond acceptors (Lipinski definition) is 4. The molecule has 28 heavy (non-hydrogen) atoms. The van der Waals surface area contributed by atoms with Crippen molar-refractivity contribution in [3.63, 3.8) is 0 Å². The van der Waals surface area contributed by atoms with Gasteiger partial charge in [-0.15, -0.1) is 0 Å². The van der Waals surface area contributed by atoms with Crippen molar-refractivity contribution >= 4 is 11.7 Å². The summed E-state index contributed by atoms with van der Waals surface area (Å²) in [5, 5.41) is 0. The fourth-order valence-electron chi connectivity index (χ4n) is 5.34. The van der Waals surface area contributed by atoms with E-state index in [9.17, 15) is 4.79 Å². The molecular weight excluding hydrogens is 350 g/mol. The van der Waals surface area contributed by atoms with Gasteiger partial charge in [-0.2, -0.15) is 0 Å². The quantitative estimate of drug-likeness (QED) is 0.770. The fraction of sp³-hybridized carbons (Fsp3) is 0.591. The van der Waals surface area contributed by atoms with Gasteiger partial charge in [-0.1, -0.05) is 25.5 Å². The molecule has 1 saturated heterocycles. The monoisotopic (exact) mass is 379 g/mol. The van der Waals surface area contributed by atoms with Crippen LogP contribution in [0.15, 0.2) is 36.3 Å². The van der Waals surface area contributed by atoms with E-state index in [1.807, 2.05) is 17.2 Å². The lowest BCUT2D eigenvalue weighted by Crippen LogP contribution is -2.50. The van der Waals surface area contributed by atoms with Crippen molar-refractivity contribution in [2.45, 2.75) is 33.1 Å². The summed E-state index contributed by atoms with van der Waals surface area (Å²) in [5.74, 6) is 2.25. The van der Waals surface area contributed by atoms with Crippen LogP contribution < -0.4 is 0 Å². The predicted molar refractivity (Wildman–Crippen MR) is 108 cm³/mol. The highest BCUT2D eigenvalue weighted by molar-refractivity contribution is 5.92. The van der Waals surface area contributed by atoms with Gasteiger partial charge in [0.15, 0.2) is 0 Å². The number of rotatable bonds is 3. The maximum absolute atomic E-state index is 13.0. The Balaban J connectivity index is 1.23. The Kier molecular flexibility index (Phi) is 4.27. The van der Waals surface area contributed by atoms with Crippen LogP contribution >= 0.6 is 0 Å². The van der Waals surface area contributed by atoms with Crippen LogP contribution in [-0.2, 0) is 0 Å². The maximum atomic E-state index is 13.0. The van der Waals surface area contributed by atoms with E-state index in [4.69, 9.17) is 0 Å². The van der Waals surface area contributed by atoms with E-state index in [2.05, 4.69) is 34.8 Å².